The summed E-state index contributed by atoms with van der Waals surface area (Å²) in [6, 6.07) is 5.97. The topological polar surface area (TPSA) is 98.5 Å². The Kier molecular flexibility index (Phi) is 5.97. The van der Waals surface area contributed by atoms with Crippen LogP contribution in [0.25, 0.3) is 0 Å². The lowest BCUT2D eigenvalue weighted by atomic mass is 9.98. The summed E-state index contributed by atoms with van der Waals surface area (Å²) in [5.74, 6) is -0.445. The van der Waals surface area contributed by atoms with Gasteiger partial charge in [0.1, 0.15) is 0 Å². The van der Waals surface area contributed by atoms with E-state index in [2.05, 4.69) is 9.46 Å². The Morgan fingerprint density at radius 2 is 2.00 bits per heavy atom. The monoisotopic (exact) mass is 348 g/mol. The summed E-state index contributed by atoms with van der Waals surface area (Å²) in [6.07, 6.45) is 1.91. The molecule has 0 aromatic heterocycles. The molecule has 1 unspecified atom stereocenters. The highest BCUT2D eigenvalue weighted by Crippen LogP contribution is 2.39. The van der Waals surface area contributed by atoms with Gasteiger partial charge in [0.25, 0.3) is 0 Å². The van der Waals surface area contributed by atoms with Crippen LogP contribution in [0.4, 0.5) is 0 Å². The molecule has 0 radical (unpaired) electrons. The number of sulfonamides is 1. The van der Waals surface area contributed by atoms with Gasteiger partial charge in [-0.15, -0.1) is 12.4 Å². The number of methoxy groups -OCH3 is 1. The Balaban J connectivity index is 0.00000242. The molecular weight excluding hydrogens is 328 g/mol. The van der Waals surface area contributed by atoms with Crippen molar-refractivity contribution < 1.29 is 17.9 Å². The van der Waals surface area contributed by atoms with Crippen molar-refractivity contribution in [1.29, 1.82) is 0 Å². The van der Waals surface area contributed by atoms with Gasteiger partial charge >= 0.3 is 5.97 Å². The molecule has 0 aliphatic heterocycles. The molecule has 1 fully saturated rings. The van der Waals surface area contributed by atoms with Crippen LogP contribution in [0.3, 0.4) is 0 Å². The van der Waals surface area contributed by atoms with Crippen molar-refractivity contribution >= 4 is 28.4 Å². The summed E-state index contributed by atoms with van der Waals surface area (Å²) >= 11 is 0. The number of benzene rings is 1. The van der Waals surface area contributed by atoms with Gasteiger partial charge in [-0.3, -0.25) is 0 Å². The van der Waals surface area contributed by atoms with Crippen LogP contribution < -0.4 is 10.5 Å². The fourth-order valence-corrected chi connectivity index (χ4v) is 4.03. The number of esters is 1. The molecule has 8 heteroatoms. The summed E-state index contributed by atoms with van der Waals surface area (Å²) in [5.41, 5.74) is 5.06. The second-order valence-electron chi connectivity index (χ2n) is 5.49. The van der Waals surface area contributed by atoms with Crippen molar-refractivity contribution in [1.82, 2.24) is 4.72 Å². The number of carbonyl (C=O) groups is 1. The Bertz CT molecular complexity index is 646. The number of carbonyl (C=O) groups excluding carboxylic acids is 1. The molecule has 0 saturated heterocycles. The van der Waals surface area contributed by atoms with Crippen LogP contribution in [0.2, 0.25) is 0 Å². The van der Waals surface area contributed by atoms with E-state index >= 15 is 0 Å². The molecule has 124 valence electrons. The first-order chi connectivity index (χ1) is 9.84. The Hall–Kier alpha value is -1.15. The van der Waals surface area contributed by atoms with Gasteiger partial charge in [-0.05, 0) is 37.8 Å². The standard InChI is InChI=1S/C14H20N2O4S.ClH/c1-14(9-15,10-7-8-10)16-21(18,19)12-6-4-3-5-11(12)13(17)20-2;/h3-6,10,16H,7-9,15H2,1-2H3;1H. The van der Waals surface area contributed by atoms with Gasteiger partial charge in [0.2, 0.25) is 10.0 Å². The third kappa shape index (κ3) is 3.78. The molecule has 0 bridgehead atoms. The maximum Gasteiger partial charge on any atom is 0.339 e. The van der Waals surface area contributed by atoms with Crippen molar-refractivity contribution in [3.05, 3.63) is 29.8 Å². The molecule has 0 amide bonds. The SMILES string of the molecule is COC(=O)c1ccccc1S(=O)(=O)NC(C)(CN)C1CC1.Cl. The van der Waals surface area contributed by atoms with Crippen LogP contribution in [0.15, 0.2) is 29.2 Å². The predicted octanol–water partition coefficient (Wildman–Crippen LogP) is 1.30. The molecule has 0 heterocycles. The minimum Gasteiger partial charge on any atom is -0.465 e. The second-order valence-corrected chi connectivity index (χ2v) is 7.14. The lowest BCUT2D eigenvalue weighted by Crippen LogP contribution is -2.53. The molecule has 2 rings (SSSR count). The number of rotatable bonds is 6. The third-order valence-corrected chi connectivity index (χ3v) is 5.52. The highest BCUT2D eigenvalue weighted by atomic mass is 35.5. The van der Waals surface area contributed by atoms with Crippen molar-refractivity contribution in [3.8, 4) is 0 Å². The Morgan fingerprint density at radius 1 is 1.41 bits per heavy atom. The zero-order valence-corrected chi connectivity index (χ0v) is 14.2. The molecule has 22 heavy (non-hydrogen) atoms. The lowest BCUT2D eigenvalue weighted by molar-refractivity contribution is 0.0596. The van der Waals surface area contributed by atoms with E-state index in [0.29, 0.717) is 0 Å². The summed E-state index contributed by atoms with van der Waals surface area (Å²) in [5, 5.41) is 0. The molecule has 1 aliphatic carbocycles. The number of ether oxygens (including phenoxy) is 1. The van der Waals surface area contributed by atoms with Crippen molar-refractivity contribution in [2.45, 2.75) is 30.2 Å². The van der Waals surface area contributed by atoms with E-state index in [1.807, 2.05) is 0 Å². The first kappa shape index (κ1) is 18.9. The van der Waals surface area contributed by atoms with Gasteiger partial charge < -0.3 is 10.5 Å². The van der Waals surface area contributed by atoms with Crippen LogP contribution in [-0.2, 0) is 14.8 Å². The predicted molar refractivity (Wildman–Crippen MR) is 85.5 cm³/mol. The summed E-state index contributed by atoms with van der Waals surface area (Å²) in [7, 11) is -2.64. The van der Waals surface area contributed by atoms with E-state index < -0.39 is 21.5 Å². The van der Waals surface area contributed by atoms with E-state index in [9.17, 15) is 13.2 Å². The first-order valence-corrected chi connectivity index (χ1v) is 8.24. The molecule has 1 aromatic carbocycles. The van der Waals surface area contributed by atoms with Gasteiger partial charge in [-0.2, -0.15) is 0 Å². The van der Waals surface area contributed by atoms with Crippen LogP contribution in [0, 0.1) is 5.92 Å². The quantitative estimate of drug-likeness (QED) is 0.755. The summed E-state index contributed by atoms with van der Waals surface area (Å²) < 4.78 is 32.5. The largest absolute Gasteiger partial charge is 0.465 e. The normalized spacial score (nSPS) is 17.2. The minimum atomic E-state index is -3.85. The maximum absolute atomic E-state index is 12.6. The Labute approximate surface area is 136 Å². The van der Waals surface area contributed by atoms with Gasteiger partial charge in [0.05, 0.1) is 17.6 Å². The van der Waals surface area contributed by atoms with Crippen LogP contribution in [-0.4, -0.2) is 33.6 Å². The molecule has 0 spiro atoms. The summed E-state index contributed by atoms with van der Waals surface area (Å²) in [6.45, 7) is 2.00. The van der Waals surface area contributed by atoms with E-state index in [4.69, 9.17) is 5.73 Å². The lowest BCUT2D eigenvalue weighted by Gasteiger charge is -2.29. The highest BCUT2D eigenvalue weighted by molar-refractivity contribution is 7.89. The minimum absolute atomic E-state index is 0. The number of halogens is 1. The van der Waals surface area contributed by atoms with Crippen molar-refractivity contribution in [2.24, 2.45) is 11.7 Å². The van der Waals surface area contributed by atoms with E-state index in [-0.39, 0.29) is 35.3 Å². The van der Waals surface area contributed by atoms with Crippen molar-refractivity contribution in [3.63, 3.8) is 0 Å². The molecular formula is C14H21ClN2O4S. The van der Waals surface area contributed by atoms with E-state index in [1.54, 1.807) is 19.1 Å². The van der Waals surface area contributed by atoms with Crippen LogP contribution in [0.1, 0.15) is 30.1 Å². The summed E-state index contributed by atoms with van der Waals surface area (Å²) in [4.78, 5) is 11.6. The highest BCUT2D eigenvalue weighted by Gasteiger charge is 2.43. The smallest absolute Gasteiger partial charge is 0.339 e. The van der Waals surface area contributed by atoms with Crippen molar-refractivity contribution in [2.75, 3.05) is 13.7 Å². The molecule has 1 aliphatic rings. The van der Waals surface area contributed by atoms with Crippen LogP contribution >= 0.6 is 12.4 Å². The van der Waals surface area contributed by atoms with Gasteiger partial charge in [0, 0.05) is 12.1 Å². The van der Waals surface area contributed by atoms with E-state index in [0.717, 1.165) is 12.8 Å². The third-order valence-electron chi connectivity index (χ3n) is 3.85. The number of nitrogens with two attached hydrogens (primary N) is 1. The number of hydrogen-bond donors (Lipinski definition) is 2. The molecule has 1 atom stereocenters. The average molecular weight is 349 g/mol. The zero-order chi connectivity index (χ0) is 15.7. The first-order valence-electron chi connectivity index (χ1n) is 6.75. The fraction of sp³-hybridized carbons (Fsp3) is 0.500. The maximum atomic E-state index is 12.6. The average Bonchev–Trinajstić information content (AvgIpc) is 3.31. The van der Waals surface area contributed by atoms with E-state index in [1.165, 1.54) is 19.2 Å². The molecule has 6 nitrogen and oxygen atoms in total. The van der Waals surface area contributed by atoms with Gasteiger partial charge in [0.15, 0.2) is 0 Å². The zero-order valence-electron chi connectivity index (χ0n) is 12.5. The molecule has 3 N–H and O–H groups in total. The van der Waals surface area contributed by atoms with Crippen LogP contribution in [0.5, 0.6) is 0 Å². The fourth-order valence-electron chi connectivity index (χ4n) is 2.35. The second kappa shape index (κ2) is 6.95. The number of hydrogen-bond acceptors (Lipinski definition) is 5. The van der Waals surface area contributed by atoms with Gasteiger partial charge in [-0.25, -0.2) is 17.9 Å². The van der Waals surface area contributed by atoms with Gasteiger partial charge in [-0.1, -0.05) is 12.1 Å². The number of nitrogens with one attached hydrogen (secondary N) is 1. The Morgan fingerprint density at radius 3 is 2.50 bits per heavy atom. The molecule has 1 saturated carbocycles. The molecule has 1 aromatic rings.